The number of ether oxygens (including phenoxy) is 2. The molecule has 7 rings (SSSR count). The number of carbonyl (C=O) groups excluding carboxylic acids is 1. The van der Waals surface area contributed by atoms with Gasteiger partial charge in [-0.3, -0.25) is 9.20 Å². The van der Waals surface area contributed by atoms with Crippen molar-refractivity contribution >= 4 is 17.1 Å². The van der Waals surface area contributed by atoms with E-state index < -0.39 is 0 Å². The van der Waals surface area contributed by atoms with Gasteiger partial charge in [-0.25, -0.2) is 9.50 Å². The fourth-order valence-electron chi connectivity index (χ4n) is 5.22. The maximum atomic E-state index is 13.2. The molecule has 4 aromatic heterocycles. The molecule has 32 heavy (non-hydrogen) atoms. The second-order valence-corrected chi connectivity index (χ2v) is 9.62. The molecule has 0 spiro atoms. The van der Waals surface area contributed by atoms with Gasteiger partial charge in [-0.15, -0.1) is 0 Å². The molecule has 1 saturated carbocycles. The SMILES string of the molecule is CC(C)Oc1nc2nc(C34COC(C)(C3)C4)cn2cc1CC(=O)c1cccc2ccnn12. The average molecular weight is 431 g/mol. The van der Waals surface area contributed by atoms with Crippen LogP contribution >= 0.6 is 0 Å². The lowest BCUT2D eigenvalue weighted by Crippen LogP contribution is -2.45. The van der Waals surface area contributed by atoms with Crippen LogP contribution in [0, 0.1) is 0 Å². The van der Waals surface area contributed by atoms with E-state index in [4.69, 9.17) is 14.5 Å². The van der Waals surface area contributed by atoms with Crippen molar-refractivity contribution in [2.45, 2.75) is 57.2 Å². The summed E-state index contributed by atoms with van der Waals surface area (Å²) in [4.78, 5) is 22.7. The van der Waals surface area contributed by atoms with Crippen LogP contribution in [-0.2, 0) is 16.6 Å². The molecule has 6 heterocycles. The highest BCUT2D eigenvalue weighted by atomic mass is 16.5. The zero-order valence-corrected chi connectivity index (χ0v) is 18.4. The van der Waals surface area contributed by atoms with Crippen molar-refractivity contribution in [2.75, 3.05) is 6.61 Å². The Kier molecular flexibility index (Phi) is 4.02. The second-order valence-electron chi connectivity index (χ2n) is 9.62. The van der Waals surface area contributed by atoms with E-state index in [2.05, 4.69) is 17.0 Å². The Morgan fingerprint density at radius 3 is 2.81 bits per heavy atom. The smallest absolute Gasteiger partial charge is 0.237 e. The summed E-state index contributed by atoms with van der Waals surface area (Å²) in [6.07, 6.45) is 7.69. The minimum absolute atomic E-state index is 0.0136. The maximum Gasteiger partial charge on any atom is 0.237 e. The monoisotopic (exact) mass is 431 g/mol. The first-order valence-corrected chi connectivity index (χ1v) is 11.0. The molecule has 3 fully saturated rings. The van der Waals surface area contributed by atoms with Gasteiger partial charge in [0, 0.05) is 29.8 Å². The Labute approximate surface area is 185 Å². The van der Waals surface area contributed by atoms with Gasteiger partial charge < -0.3 is 9.47 Å². The molecule has 0 aromatic carbocycles. The minimum Gasteiger partial charge on any atom is -0.475 e. The fourth-order valence-corrected chi connectivity index (χ4v) is 5.22. The van der Waals surface area contributed by atoms with E-state index in [1.165, 1.54) is 0 Å². The average Bonchev–Trinajstić information content (AvgIpc) is 3.48. The van der Waals surface area contributed by atoms with Gasteiger partial charge in [0.1, 0.15) is 5.69 Å². The van der Waals surface area contributed by atoms with Crippen molar-refractivity contribution < 1.29 is 14.3 Å². The predicted molar refractivity (Wildman–Crippen MR) is 117 cm³/mol. The number of rotatable bonds is 6. The zero-order chi connectivity index (χ0) is 22.1. The first-order chi connectivity index (χ1) is 15.3. The third-order valence-corrected chi connectivity index (χ3v) is 6.55. The molecule has 3 aliphatic rings. The largest absolute Gasteiger partial charge is 0.475 e. The molecule has 1 aliphatic carbocycles. The zero-order valence-electron chi connectivity index (χ0n) is 18.4. The molecule has 0 N–H and O–H groups in total. The Balaban J connectivity index is 1.38. The van der Waals surface area contributed by atoms with E-state index in [9.17, 15) is 4.79 Å². The summed E-state index contributed by atoms with van der Waals surface area (Å²) in [7, 11) is 0. The van der Waals surface area contributed by atoms with Crippen LogP contribution in [0.15, 0.2) is 42.9 Å². The van der Waals surface area contributed by atoms with Crippen LogP contribution < -0.4 is 4.74 Å². The number of fused-ring (bicyclic) bond motifs is 3. The van der Waals surface area contributed by atoms with Crippen LogP contribution in [0.1, 0.15) is 55.4 Å². The number of nitrogens with zero attached hydrogens (tertiary/aromatic N) is 5. The highest BCUT2D eigenvalue weighted by molar-refractivity contribution is 5.96. The van der Waals surface area contributed by atoms with Gasteiger partial charge in [-0.2, -0.15) is 10.1 Å². The summed E-state index contributed by atoms with van der Waals surface area (Å²) in [6.45, 7) is 6.75. The molecular weight excluding hydrogens is 406 g/mol. The van der Waals surface area contributed by atoms with Crippen LogP contribution in [0.25, 0.3) is 11.3 Å². The first kappa shape index (κ1) is 19.4. The number of ketones is 1. The molecule has 2 bridgehead atoms. The summed E-state index contributed by atoms with van der Waals surface area (Å²) in [5.41, 5.74) is 3.11. The number of imidazole rings is 1. The van der Waals surface area contributed by atoms with Crippen molar-refractivity contribution in [3.8, 4) is 5.88 Å². The van der Waals surface area contributed by atoms with Crippen molar-refractivity contribution in [3.05, 3.63) is 59.8 Å². The van der Waals surface area contributed by atoms with Crippen LogP contribution in [0.5, 0.6) is 5.88 Å². The second kappa shape index (κ2) is 6.62. The van der Waals surface area contributed by atoms with Gasteiger partial charge >= 0.3 is 0 Å². The molecule has 8 heteroatoms. The molecule has 8 nitrogen and oxygen atoms in total. The van der Waals surface area contributed by atoms with Crippen LogP contribution in [-0.4, -0.2) is 48.1 Å². The van der Waals surface area contributed by atoms with Gasteiger partial charge in [0.2, 0.25) is 11.7 Å². The summed E-state index contributed by atoms with van der Waals surface area (Å²) < 4.78 is 15.5. The van der Waals surface area contributed by atoms with Gasteiger partial charge in [0.25, 0.3) is 0 Å². The number of Topliss-reactive ketones (excluding diaryl/α,β-unsaturated/α-hetero) is 1. The van der Waals surface area contributed by atoms with E-state index in [-0.39, 0.29) is 29.3 Å². The van der Waals surface area contributed by atoms with Gasteiger partial charge in [0.15, 0.2) is 5.78 Å². The van der Waals surface area contributed by atoms with Gasteiger partial charge in [-0.1, -0.05) is 6.07 Å². The lowest BCUT2D eigenvalue weighted by Gasteiger charge is -2.41. The van der Waals surface area contributed by atoms with Crippen LogP contribution in [0.2, 0.25) is 0 Å². The van der Waals surface area contributed by atoms with Gasteiger partial charge in [0.05, 0.1) is 35.7 Å². The molecule has 0 amide bonds. The lowest BCUT2D eigenvalue weighted by molar-refractivity contribution is 0.0154. The molecule has 2 aliphatic heterocycles. The molecule has 164 valence electrons. The molecule has 0 unspecified atom stereocenters. The minimum atomic E-state index is -0.0723. The molecule has 4 aromatic rings. The van der Waals surface area contributed by atoms with Crippen molar-refractivity contribution in [2.24, 2.45) is 0 Å². The van der Waals surface area contributed by atoms with Crippen LogP contribution in [0.4, 0.5) is 0 Å². The quantitative estimate of drug-likeness (QED) is 0.435. The van der Waals surface area contributed by atoms with Gasteiger partial charge in [-0.05, 0) is 51.8 Å². The lowest BCUT2D eigenvalue weighted by atomic mass is 9.62. The Morgan fingerprint density at radius 1 is 1.22 bits per heavy atom. The normalized spacial score (nSPS) is 24.4. The molecule has 0 atom stereocenters. The number of carbonyl (C=O) groups is 1. The Hall–Kier alpha value is -3.26. The predicted octanol–water partition coefficient (Wildman–Crippen LogP) is 3.41. The van der Waals surface area contributed by atoms with E-state index >= 15 is 0 Å². The molecular formula is C24H25N5O3. The van der Waals surface area contributed by atoms with Crippen LogP contribution in [0.3, 0.4) is 0 Å². The maximum absolute atomic E-state index is 13.2. The third kappa shape index (κ3) is 2.93. The third-order valence-electron chi connectivity index (χ3n) is 6.55. The highest BCUT2D eigenvalue weighted by Crippen LogP contribution is 2.58. The topological polar surface area (TPSA) is 83.0 Å². The Bertz CT molecular complexity index is 1360. The van der Waals surface area contributed by atoms with E-state index in [1.807, 2.05) is 48.8 Å². The summed E-state index contributed by atoms with van der Waals surface area (Å²) >= 11 is 0. The first-order valence-electron chi connectivity index (χ1n) is 11.0. The highest BCUT2D eigenvalue weighted by Gasteiger charge is 2.61. The number of aromatic nitrogens is 5. The van der Waals surface area contributed by atoms with E-state index in [0.29, 0.717) is 24.0 Å². The van der Waals surface area contributed by atoms with Crippen molar-refractivity contribution in [1.29, 1.82) is 0 Å². The summed E-state index contributed by atoms with van der Waals surface area (Å²) in [6, 6.07) is 7.46. The van der Waals surface area contributed by atoms with E-state index in [0.717, 1.165) is 29.6 Å². The number of pyridine rings is 1. The summed E-state index contributed by atoms with van der Waals surface area (Å²) in [5.74, 6) is 0.979. The Morgan fingerprint density at radius 2 is 2.06 bits per heavy atom. The van der Waals surface area contributed by atoms with E-state index in [1.54, 1.807) is 16.8 Å². The standard InChI is InChI=1S/C24H25N5O3/c1-15(2)32-21-16(9-19(30)18-6-4-5-17-7-8-25-29(17)18)10-28-11-20(26-22(28)27-21)24-12-23(3,13-24)31-14-24/h4-8,10-11,15H,9,12-14H2,1-3H3. The molecule has 0 radical (unpaired) electrons. The fraction of sp³-hybridized carbons (Fsp3) is 0.417. The summed E-state index contributed by atoms with van der Waals surface area (Å²) in [5, 5.41) is 4.29. The number of hydrogen-bond donors (Lipinski definition) is 0. The molecule has 2 saturated heterocycles. The van der Waals surface area contributed by atoms with Crippen molar-refractivity contribution in [3.63, 3.8) is 0 Å². The van der Waals surface area contributed by atoms with Crippen molar-refractivity contribution in [1.82, 2.24) is 24.0 Å². The number of hydrogen-bond acceptors (Lipinski definition) is 6.